The molecule has 1 unspecified atom stereocenters. The Morgan fingerprint density at radius 1 is 1.65 bits per heavy atom. The molecule has 17 heavy (non-hydrogen) atoms. The van der Waals surface area contributed by atoms with Crippen molar-refractivity contribution >= 4 is 11.7 Å². The second-order valence-corrected chi connectivity index (χ2v) is 3.86. The van der Waals surface area contributed by atoms with E-state index in [2.05, 4.69) is 5.10 Å². The van der Waals surface area contributed by atoms with E-state index in [-0.39, 0.29) is 17.1 Å². The minimum Gasteiger partial charge on any atom is -0.481 e. The number of hydrogen-bond acceptors (Lipinski definition) is 4. The lowest BCUT2D eigenvalue weighted by Gasteiger charge is -2.08. The minimum absolute atomic E-state index is 0.168. The molecule has 0 aliphatic rings. The highest BCUT2D eigenvalue weighted by molar-refractivity contribution is 5.76. The van der Waals surface area contributed by atoms with Crippen LogP contribution in [0.15, 0.2) is 0 Å². The van der Waals surface area contributed by atoms with Gasteiger partial charge in [-0.2, -0.15) is 5.10 Å². The molecule has 7 nitrogen and oxygen atoms in total. The average molecular weight is 241 g/mol. The zero-order valence-corrected chi connectivity index (χ0v) is 10.0. The van der Waals surface area contributed by atoms with Crippen molar-refractivity contribution in [3.8, 4) is 0 Å². The number of aryl methyl sites for hydroxylation is 2. The zero-order chi connectivity index (χ0) is 13.2. The van der Waals surface area contributed by atoms with Gasteiger partial charge in [-0.05, 0) is 20.3 Å². The summed E-state index contributed by atoms with van der Waals surface area (Å²) in [5, 5.41) is 24.0. The molecule has 7 heteroatoms. The molecule has 0 aliphatic heterocycles. The van der Waals surface area contributed by atoms with E-state index in [0.29, 0.717) is 6.54 Å². The summed E-state index contributed by atoms with van der Waals surface area (Å²) in [6.07, 6.45) is 0.734. The Hall–Kier alpha value is -1.92. The first-order valence-corrected chi connectivity index (χ1v) is 5.34. The van der Waals surface area contributed by atoms with Crippen molar-refractivity contribution in [2.45, 2.75) is 39.7 Å². The maximum atomic E-state index is 11.0. The third-order valence-electron chi connectivity index (χ3n) is 2.53. The third-order valence-corrected chi connectivity index (χ3v) is 2.53. The van der Waals surface area contributed by atoms with Gasteiger partial charge in [0.2, 0.25) is 0 Å². The van der Waals surface area contributed by atoms with Gasteiger partial charge in [0.25, 0.3) is 0 Å². The first-order chi connectivity index (χ1) is 7.90. The van der Waals surface area contributed by atoms with E-state index >= 15 is 0 Å². The molecule has 0 aromatic carbocycles. The number of carboxylic acid groups (broad SMARTS) is 1. The number of nitrogens with zero attached hydrogens (tertiary/aromatic N) is 3. The van der Waals surface area contributed by atoms with Crippen LogP contribution in [-0.2, 0) is 11.3 Å². The van der Waals surface area contributed by atoms with E-state index < -0.39 is 16.8 Å². The normalized spacial score (nSPS) is 12.4. The summed E-state index contributed by atoms with van der Waals surface area (Å²) in [7, 11) is 0. The molecule has 94 valence electrons. The van der Waals surface area contributed by atoms with Gasteiger partial charge in [0.15, 0.2) is 0 Å². The molecule has 1 atom stereocenters. The van der Waals surface area contributed by atoms with Crippen LogP contribution in [0.25, 0.3) is 0 Å². The molecule has 0 spiro atoms. The quantitative estimate of drug-likeness (QED) is 0.624. The molecule has 0 fully saturated rings. The van der Waals surface area contributed by atoms with E-state index in [4.69, 9.17) is 5.11 Å². The summed E-state index contributed by atoms with van der Waals surface area (Å²) in [6.45, 7) is 5.32. The van der Waals surface area contributed by atoms with Gasteiger partial charge in [0, 0.05) is 6.54 Å². The van der Waals surface area contributed by atoms with Crippen LogP contribution in [0.3, 0.4) is 0 Å². The van der Waals surface area contributed by atoms with E-state index in [1.807, 2.05) is 6.92 Å². The van der Waals surface area contributed by atoms with Gasteiger partial charge in [-0.3, -0.25) is 19.6 Å². The number of hydrogen-bond donors (Lipinski definition) is 1. The summed E-state index contributed by atoms with van der Waals surface area (Å²) >= 11 is 0. The van der Waals surface area contributed by atoms with Crippen molar-refractivity contribution in [2.24, 2.45) is 0 Å². The Morgan fingerprint density at radius 2 is 2.24 bits per heavy atom. The van der Waals surface area contributed by atoms with Crippen molar-refractivity contribution < 1.29 is 14.8 Å². The highest BCUT2D eigenvalue weighted by Gasteiger charge is 2.32. The Bertz CT molecular complexity index is 453. The van der Waals surface area contributed by atoms with Crippen molar-refractivity contribution in [3.05, 3.63) is 21.5 Å². The van der Waals surface area contributed by atoms with Gasteiger partial charge in [-0.15, -0.1) is 0 Å². The lowest BCUT2D eigenvalue weighted by molar-refractivity contribution is -0.386. The predicted octanol–water partition coefficient (Wildman–Crippen LogP) is 1.70. The van der Waals surface area contributed by atoms with Crippen molar-refractivity contribution in [3.63, 3.8) is 0 Å². The molecule has 1 aromatic heterocycles. The largest absolute Gasteiger partial charge is 0.481 e. The summed E-state index contributed by atoms with van der Waals surface area (Å²) in [5.74, 6) is -2.03. The SMILES string of the molecule is CCCn1nc(C)c([N+](=O)[O-])c1C(C)C(=O)O. The topological polar surface area (TPSA) is 98.3 Å². The molecule has 1 N–H and O–H groups in total. The van der Waals surface area contributed by atoms with Crippen LogP contribution in [0.1, 0.15) is 37.6 Å². The lowest BCUT2D eigenvalue weighted by Crippen LogP contribution is -2.15. The molecule has 1 rings (SSSR count). The molecular formula is C10H15N3O4. The number of carboxylic acids is 1. The first kappa shape index (κ1) is 13.1. The predicted molar refractivity (Wildman–Crippen MR) is 60.0 cm³/mol. The van der Waals surface area contributed by atoms with Crippen molar-refractivity contribution in [1.29, 1.82) is 0 Å². The van der Waals surface area contributed by atoms with Gasteiger partial charge in [0.05, 0.1) is 4.92 Å². The van der Waals surface area contributed by atoms with Gasteiger partial charge in [-0.25, -0.2) is 0 Å². The third kappa shape index (κ3) is 2.43. The monoisotopic (exact) mass is 241 g/mol. The fourth-order valence-corrected chi connectivity index (χ4v) is 1.74. The Labute approximate surface area is 98.2 Å². The van der Waals surface area contributed by atoms with Crippen LogP contribution in [0.5, 0.6) is 0 Å². The minimum atomic E-state index is -1.09. The highest BCUT2D eigenvalue weighted by Crippen LogP contribution is 2.30. The Morgan fingerprint density at radius 3 is 2.65 bits per heavy atom. The van der Waals surface area contributed by atoms with Crippen molar-refractivity contribution in [2.75, 3.05) is 0 Å². The number of rotatable bonds is 5. The van der Waals surface area contributed by atoms with Gasteiger partial charge in [-0.1, -0.05) is 6.92 Å². The van der Waals surface area contributed by atoms with Crippen LogP contribution < -0.4 is 0 Å². The molecule has 1 heterocycles. The molecular weight excluding hydrogens is 226 g/mol. The van der Waals surface area contributed by atoms with E-state index in [9.17, 15) is 14.9 Å². The maximum absolute atomic E-state index is 11.0. The standard InChI is InChI=1S/C10H15N3O4/c1-4-5-12-8(6(2)10(14)15)9(13(16)17)7(3)11-12/h6H,4-5H2,1-3H3,(H,14,15). The van der Waals surface area contributed by atoms with E-state index in [1.54, 1.807) is 0 Å². The van der Waals surface area contributed by atoms with E-state index in [0.717, 1.165) is 6.42 Å². The fourth-order valence-electron chi connectivity index (χ4n) is 1.74. The van der Waals surface area contributed by atoms with Crippen LogP contribution in [-0.4, -0.2) is 25.8 Å². The second-order valence-electron chi connectivity index (χ2n) is 3.86. The van der Waals surface area contributed by atoms with Gasteiger partial charge in [0.1, 0.15) is 17.3 Å². The number of aromatic nitrogens is 2. The first-order valence-electron chi connectivity index (χ1n) is 5.34. The lowest BCUT2D eigenvalue weighted by atomic mass is 10.1. The van der Waals surface area contributed by atoms with Crippen LogP contribution >= 0.6 is 0 Å². The fraction of sp³-hybridized carbons (Fsp3) is 0.600. The Kier molecular flexibility index (Phi) is 3.82. The number of carbonyl (C=O) groups is 1. The highest BCUT2D eigenvalue weighted by atomic mass is 16.6. The zero-order valence-electron chi connectivity index (χ0n) is 10.0. The summed E-state index contributed by atoms with van der Waals surface area (Å²) in [6, 6.07) is 0. The molecule has 0 saturated carbocycles. The van der Waals surface area contributed by atoms with Gasteiger partial charge < -0.3 is 5.11 Å². The smallest absolute Gasteiger partial charge is 0.313 e. The summed E-state index contributed by atoms with van der Waals surface area (Å²) in [4.78, 5) is 21.4. The summed E-state index contributed by atoms with van der Waals surface area (Å²) < 4.78 is 1.42. The van der Waals surface area contributed by atoms with Crippen LogP contribution in [0.4, 0.5) is 5.69 Å². The molecule has 1 aromatic rings. The average Bonchev–Trinajstić information content (AvgIpc) is 2.54. The molecule has 0 radical (unpaired) electrons. The van der Waals surface area contributed by atoms with Gasteiger partial charge >= 0.3 is 11.7 Å². The molecule has 0 saturated heterocycles. The van der Waals surface area contributed by atoms with Crippen LogP contribution in [0.2, 0.25) is 0 Å². The Balaban J connectivity index is 3.39. The maximum Gasteiger partial charge on any atom is 0.313 e. The summed E-state index contributed by atoms with van der Waals surface area (Å²) in [5.41, 5.74) is 0.238. The van der Waals surface area contributed by atoms with Crippen molar-refractivity contribution in [1.82, 2.24) is 9.78 Å². The number of nitro groups is 1. The molecule has 0 amide bonds. The second kappa shape index (κ2) is 4.94. The molecule has 0 aliphatic carbocycles. The van der Waals surface area contributed by atoms with Crippen LogP contribution in [0, 0.1) is 17.0 Å². The van der Waals surface area contributed by atoms with E-state index in [1.165, 1.54) is 18.5 Å². The number of aliphatic carboxylic acids is 1. The molecule has 0 bridgehead atoms.